The fraction of sp³-hybridized carbons (Fsp3) is 0.267. The second-order valence-electron chi connectivity index (χ2n) is 4.82. The molecule has 1 heterocycles. The summed E-state index contributed by atoms with van der Waals surface area (Å²) in [4.78, 5) is 4.26. The quantitative estimate of drug-likeness (QED) is 0.863. The summed E-state index contributed by atoms with van der Waals surface area (Å²) in [7, 11) is 0. The lowest BCUT2D eigenvalue weighted by molar-refractivity contribution is 0.556. The Hall–Kier alpha value is -1.83. The third kappa shape index (κ3) is 3.06. The summed E-state index contributed by atoms with van der Waals surface area (Å²) in [5.74, 6) is 0.927. The lowest BCUT2D eigenvalue weighted by Gasteiger charge is -2.25. The van der Waals surface area contributed by atoms with Crippen LogP contribution in [0.3, 0.4) is 0 Å². The molecule has 0 atom stereocenters. The molecule has 0 aliphatic carbocycles. The Balaban J connectivity index is 2.03. The van der Waals surface area contributed by atoms with Crippen LogP contribution < -0.4 is 5.32 Å². The van der Waals surface area contributed by atoms with Crippen LogP contribution in [0, 0.1) is 0 Å². The van der Waals surface area contributed by atoms with Crippen LogP contribution in [-0.2, 0) is 5.41 Å². The molecule has 1 aromatic carbocycles. The molecule has 0 saturated carbocycles. The molecule has 17 heavy (non-hydrogen) atoms. The molecule has 0 bridgehead atoms. The van der Waals surface area contributed by atoms with Crippen LogP contribution in [-0.4, -0.2) is 11.5 Å². The predicted molar refractivity (Wildman–Crippen MR) is 72.2 cm³/mol. The number of rotatable bonds is 4. The molecule has 0 aliphatic rings. The number of hydrogen-bond donors (Lipinski definition) is 1. The summed E-state index contributed by atoms with van der Waals surface area (Å²) >= 11 is 0. The standard InChI is InChI=1S/C15H18N2/c1-15(2,13-8-4-3-5-9-13)12-17-14-10-6-7-11-16-14/h3-11H,12H2,1-2H3,(H,16,17). The Morgan fingerprint density at radius 2 is 1.71 bits per heavy atom. The summed E-state index contributed by atoms with van der Waals surface area (Å²) in [5.41, 5.74) is 1.43. The second-order valence-corrected chi connectivity index (χ2v) is 4.82. The van der Waals surface area contributed by atoms with Crippen molar-refractivity contribution in [2.45, 2.75) is 19.3 Å². The molecule has 0 unspecified atom stereocenters. The number of nitrogens with one attached hydrogen (secondary N) is 1. The number of anilines is 1. The van der Waals surface area contributed by atoms with Gasteiger partial charge in [-0.3, -0.25) is 0 Å². The lowest BCUT2D eigenvalue weighted by atomic mass is 9.85. The van der Waals surface area contributed by atoms with Crippen molar-refractivity contribution in [3.8, 4) is 0 Å². The van der Waals surface area contributed by atoms with E-state index >= 15 is 0 Å². The van der Waals surface area contributed by atoms with Gasteiger partial charge in [0, 0.05) is 18.2 Å². The number of aromatic nitrogens is 1. The average Bonchev–Trinajstić information content (AvgIpc) is 2.39. The molecule has 1 N–H and O–H groups in total. The maximum Gasteiger partial charge on any atom is 0.125 e. The van der Waals surface area contributed by atoms with E-state index in [0.29, 0.717) is 0 Å². The van der Waals surface area contributed by atoms with Gasteiger partial charge in [-0.2, -0.15) is 0 Å². The molecular weight excluding hydrogens is 208 g/mol. The molecule has 0 radical (unpaired) electrons. The molecule has 0 fully saturated rings. The maximum absolute atomic E-state index is 4.26. The van der Waals surface area contributed by atoms with Crippen LogP contribution in [0.25, 0.3) is 0 Å². The normalized spacial score (nSPS) is 11.2. The Morgan fingerprint density at radius 1 is 1.00 bits per heavy atom. The van der Waals surface area contributed by atoms with Gasteiger partial charge in [0.25, 0.3) is 0 Å². The molecular formula is C15H18N2. The van der Waals surface area contributed by atoms with Gasteiger partial charge < -0.3 is 5.32 Å². The largest absolute Gasteiger partial charge is 0.369 e. The van der Waals surface area contributed by atoms with E-state index in [1.54, 1.807) is 6.20 Å². The van der Waals surface area contributed by atoms with E-state index in [0.717, 1.165) is 12.4 Å². The van der Waals surface area contributed by atoms with E-state index in [-0.39, 0.29) is 5.41 Å². The van der Waals surface area contributed by atoms with Gasteiger partial charge in [0.2, 0.25) is 0 Å². The molecule has 0 saturated heterocycles. The third-order valence-electron chi connectivity index (χ3n) is 2.93. The van der Waals surface area contributed by atoms with Crippen molar-refractivity contribution in [1.82, 2.24) is 4.98 Å². The molecule has 0 aliphatic heterocycles. The van der Waals surface area contributed by atoms with E-state index in [9.17, 15) is 0 Å². The Labute approximate surface area is 103 Å². The highest BCUT2D eigenvalue weighted by atomic mass is 15.0. The lowest BCUT2D eigenvalue weighted by Crippen LogP contribution is -2.27. The Bertz CT molecular complexity index is 449. The number of hydrogen-bond acceptors (Lipinski definition) is 2. The molecule has 2 heteroatoms. The van der Waals surface area contributed by atoms with Gasteiger partial charge in [-0.05, 0) is 17.7 Å². The first-order chi connectivity index (χ1) is 8.18. The van der Waals surface area contributed by atoms with Crippen molar-refractivity contribution < 1.29 is 0 Å². The van der Waals surface area contributed by atoms with Crippen LogP contribution in [0.1, 0.15) is 19.4 Å². The zero-order chi connectivity index (χ0) is 12.1. The number of pyridine rings is 1. The van der Waals surface area contributed by atoms with Gasteiger partial charge in [-0.1, -0.05) is 50.2 Å². The van der Waals surface area contributed by atoms with Gasteiger partial charge >= 0.3 is 0 Å². The monoisotopic (exact) mass is 226 g/mol. The van der Waals surface area contributed by atoms with E-state index in [4.69, 9.17) is 0 Å². The molecule has 0 amide bonds. The van der Waals surface area contributed by atoms with Crippen molar-refractivity contribution in [2.75, 3.05) is 11.9 Å². The highest BCUT2D eigenvalue weighted by Crippen LogP contribution is 2.22. The van der Waals surface area contributed by atoms with Gasteiger partial charge in [0.05, 0.1) is 0 Å². The minimum atomic E-state index is 0.0960. The summed E-state index contributed by atoms with van der Waals surface area (Å²) in [5, 5.41) is 3.37. The second kappa shape index (κ2) is 5.00. The van der Waals surface area contributed by atoms with Gasteiger partial charge in [0.15, 0.2) is 0 Å². The van der Waals surface area contributed by atoms with E-state index in [2.05, 4.69) is 48.4 Å². The Morgan fingerprint density at radius 3 is 2.35 bits per heavy atom. The van der Waals surface area contributed by atoms with Crippen LogP contribution in [0.15, 0.2) is 54.7 Å². The minimum absolute atomic E-state index is 0.0960. The van der Waals surface area contributed by atoms with E-state index in [1.165, 1.54) is 5.56 Å². The van der Waals surface area contributed by atoms with Gasteiger partial charge in [-0.25, -0.2) is 4.98 Å². The fourth-order valence-electron chi connectivity index (χ4n) is 1.77. The zero-order valence-corrected chi connectivity index (χ0v) is 10.4. The predicted octanol–water partition coefficient (Wildman–Crippen LogP) is 3.47. The van der Waals surface area contributed by atoms with Crippen LogP contribution in [0.5, 0.6) is 0 Å². The van der Waals surface area contributed by atoms with Crippen molar-refractivity contribution in [3.05, 3.63) is 60.3 Å². The zero-order valence-electron chi connectivity index (χ0n) is 10.4. The van der Waals surface area contributed by atoms with Crippen molar-refractivity contribution in [2.24, 2.45) is 0 Å². The van der Waals surface area contributed by atoms with Gasteiger partial charge in [-0.15, -0.1) is 0 Å². The van der Waals surface area contributed by atoms with Crippen LogP contribution in [0.4, 0.5) is 5.82 Å². The summed E-state index contributed by atoms with van der Waals surface area (Å²) in [6, 6.07) is 16.4. The van der Waals surface area contributed by atoms with Crippen molar-refractivity contribution >= 4 is 5.82 Å². The number of nitrogens with zero attached hydrogens (tertiary/aromatic N) is 1. The van der Waals surface area contributed by atoms with Crippen molar-refractivity contribution in [3.63, 3.8) is 0 Å². The van der Waals surface area contributed by atoms with Gasteiger partial charge in [0.1, 0.15) is 5.82 Å². The van der Waals surface area contributed by atoms with Crippen LogP contribution in [0.2, 0.25) is 0 Å². The first-order valence-electron chi connectivity index (χ1n) is 5.89. The topological polar surface area (TPSA) is 24.9 Å². The first kappa shape index (κ1) is 11.6. The van der Waals surface area contributed by atoms with Crippen molar-refractivity contribution in [1.29, 1.82) is 0 Å². The summed E-state index contributed by atoms with van der Waals surface area (Å²) < 4.78 is 0. The summed E-state index contributed by atoms with van der Waals surface area (Å²) in [6.45, 7) is 5.34. The highest BCUT2D eigenvalue weighted by Gasteiger charge is 2.19. The molecule has 88 valence electrons. The SMILES string of the molecule is CC(C)(CNc1ccccn1)c1ccccc1. The molecule has 2 nitrogen and oxygen atoms in total. The van der Waals surface area contributed by atoms with E-state index < -0.39 is 0 Å². The fourth-order valence-corrected chi connectivity index (χ4v) is 1.77. The number of benzene rings is 1. The smallest absolute Gasteiger partial charge is 0.125 e. The Kier molecular flexibility index (Phi) is 3.43. The molecule has 0 spiro atoms. The minimum Gasteiger partial charge on any atom is -0.369 e. The molecule has 2 rings (SSSR count). The van der Waals surface area contributed by atoms with E-state index in [1.807, 2.05) is 24.3 Å². The summed E-state index contributed by atoms with van der Waals surface area (Å²) in [6.07, 6.45) is 1.80. The first-order valence-corrected chi connectivity index (χ1v) is 5.89. The maximum atomic E-state index is 4.26. The molecule has 2 aromatic rings. The average molecular weight is 226 g/mol. The third-order valence-corrected chi connectivity index (χ3v) is 2.93. The van der Waals surface area contributed by atoms with Crippen LogP contribution >= 0.6 is 0 Å². The molecule has 1 aromatic heterocycles. The highest BCUT2D eigenvalue weighted by molar-refractivity contribution is 5.35.